The molecule has 0 saturated carbocycles. The van der Waals surface area contributed by atoms with Crippen LogP contribution in [0.3, 0.4) is 0 Å². The molecule has 7 atom stereocenters. The third kappa shape index (κ3) is 13.5. The van der Waals surface area contributed by atoms with E-state index in [0.717, 1.165) is 11.1 Å². The lowest BCUT2D eigenvalue weighted by Gasteiger charge is -2.35. The summed E-state index contributed by atoms with van der Waals surface area (Å²) in [4.78, 5) is 114. The van der Waals surface area contributed by atoms with Gasteiger partial charge in [-0.1, -0.05) is 88.4 Å². The van der Waals surface area contributed by atoms with Crippen molar-refractivity contribution in [3.05, 3.63) is 77.9 Å². The molecule has 2 fully saturated rings. The van der Waals surface area contributed by atoms with Crippen LogP contribution in [0.15, 0.2) is 66.7 Å². The van der Waals surface area contributed by atoms with Gasteiger partial charge in [0.25, 0.3) is 5.91 Å². The minimum atomic E-state index is -1.12. The Balaban J connectivity index is 1.40. The van der Waals surface area contributed by atoms with Crippen molar-refractivity contribution in [1.82, 2.24) is 30.2 Å². The van der Waals surface area contributed by atoms with E-state index in [1.54, 1.807) is 13.0 Å². The molecule has 2 heterocycles. The third-order valence-corrected chi connectivity index (χ3v) is 12.1. The number of hydrogen-bond donors (Lipinski definition) is 2. The molecule has 2 aromatic carbocycles. The summed E-state index contributed by atoms with van der Waals surface area (Å²) in [5.74, 6) is -4.77. The molecule has 2 saturated heterocycles. The molecule has 2 aliphatic heterocycles. The molecule has 0 aromatic heterocycles. The van der Waals surface area contributed by atoms with Crippen LogP contribution in [0.1, 0.15) is 84.3 Å². The maximum Gasteiger partial charge on any atom is 0.331 e. The first-order valence-corrected chi connectivity index (χ1v) is 22.3. The van der Waals surface area contributed by atoms with Crippen LogP contribution in [0.5, 0.6) is 0 Å². The fourth-order valence-electron chi connectivity index (χ4n) is 8.11. The molecule has 16 heteroatoms. The van der Waals surface area contributed by atoms with Crippen molar-refractivity contribution in [3.63, 3.8) is 0 Å². The molecule has 2 aromatic rings. The molecule has 0 bridgehead atoms. The van der Waals surface area contributed by atoms with Gasteiger partial charge in [-0.3, -0.25) is 28.8 Å². The standard InChI is InChI=1S/C48H66N6O10/c1-9-32(4)42(64-41(56)25-24-34-18-12-10-13-19-34)47(61)53-26-16-22-36(53)43(57)49-30-40(55)51(6)38(28-31(2)3)44(58)50-33(5)45(59)52(7)39(29-35-20-14-11-15-21-35)46(60)54-27-17-23-37(54)48(62)63-8/h10-15,18-21,24-25,31-33,36-39,42H,9,16-17,22-23,26-30H2,1-8H3,(H,49,57)(H,50,58). The van der Waals surface area contributed by atoms with E-state index in [4.69, 9.17) is 9.47 Å². The number of hydrogen-bond acceptors (Lipinski definition) is 10. The van der Waals surface area contributed by atoms with Crippen molar-refractivity contribution in [2.45, 2.75) is 116 Å². The van der Waals surface area contributed by atoms with Crippen molar-refractivity contribution in [2.75, 3.05) is 40.8 Å². The molecule has 7 unspecified atom stereocenters. The first-order valence-electron chi connectivity index (χ1n) is 22.3. The van der Waals surface area contributed by atoms with E-state index in [9.17, 15) is 38.4 Å². The summed E-state index contributed by atoms with van der Waals surface area (Å²) in [6.07, 6.45) is 4.60. The highest BCUT2D eigenvalue weighted by atomic mass is 16.5. The second-order valence-electron chi connectivity index (χ2n) is 17.1. The predicted octanol–water partition coefficient (Wildman–Crippen LogP) is 3.38. The first kappa shape index (κ1) is 50.6. The van der Waals surface area contributed by atoms with Crippen LogP contribution in [-0.2, 0) is 54.3 Å². The van der Waals surface area contributed by atoms with Gasteiger partial charge in [0, 0.05) is 45.6 Å². The molecule has 6 amide bonds. The minimum Gasteiger partial charge on any atom is -0.467 e. The molecule has 4 rings (SSSR count). The zero-order valence-corrected chi connectivity index (χ0v) is 38.5. The highest BCUT2D eigenvalue weighted by Crippen LogP contribution is 2.25. The van der Waals surface area contributed by atoms with Gasteiger partial charge >= 0.3 is 11.9 Å². The number of methoxy groups -OCH3 is 1. The Morgan fingerprint density at radius 2 is 1.39 bits per heavy atom. The number of amides is 6. The highest BCUT2D eigenvalue weighted by molar-refractivity contribution is 5.97. The van der Waals surface area contributed by atoms with Crippen molar-refractivity contribution in [3.8, 4) is 0 Å². The normalized spacial score (nSPS) is 18.4. The van der Waals surface area contributed by atoms with E-state index >= 15 is 0 Å². The van der Waals surface area contributed by atoms with Crippen molar-refractivity contribution in [1.29, 1.82) is 0 Å². The number of carbonyl (C=O) groups is 8. The number of likely N-dealkylation sites (tertiary alicyclic amines) is 2. The van der Waals surface area contributed by atoms with Crippen LogP contribution in [0.25, 0.3) is 6.08 Å². The zero-order valence-electron chi connectivity index (χ0n) is 38.5. The van der Waals surface area contributed by atoms with Crippen LogP contribution in [-0.4, -0.2) is 144 Å². The average molecular weight is 887 g/mol. The SMILES string of the molecule is CCC(C)C(OC(=O)C=Cc1ccccc1)C(=O)N1CCCC1C(=O)NCC(=O)N(C)C(CC(C)C)C(=O)NC(C)C(=O)N(C)C(Cc1ccccc1)C(=O)N1CCCC1C(=O)OC. The number of ether oxygens (including phenoxy) is 2. The van der Waals surface area contributed by atoms with Gasteiger partial charge in [-0.25, -0.2) is 9.59 Å². The molecule has 2 N–H and O–H groups in total. The molecule has 348 valence electrons. The van der Waals surface area contributed by atoms with E-state index in [-0.39, 0.29) is 31.2 Å². The Bertz CT molecular complexity index is 1980. The molecule has 16 nitrogen and oxygen atoms in total. The third-order valence-electron chi connectivity index (χ3n) is 12.1. The van der Waals surface area contributed by atoms with E-state index in [1.807, 2.05) is 81.4 Å². The molecular weight excluding hydrogens is 821 g/mol. The van der Waals surface area contributed by atoms with Gasteiger partial charge in [0.05, 0.1) is 13.7 Å². The Hall–Kier alpha value is -6.06. The van der Waals surface area contributed by atoms with Crippen LogP contribution < -0.4 is 10.6 Å². The predicted molar refractivity (Wildman–Crippen MR) is 240 cm³/mol. The first-order chi connectivity index (χ1) is 30.5. The summed E-state index contributed by atoms with van der Waals surface area (Å²) < 4.78 is 10.6. The molecule has 0 spiro atoms. The number of carbonyl (C=O) groups excluding carboxylic acids is 8. The number of likely N-dealkylation sites (N-methyl/N-ethyl adjacent to an activating group) is 2. The zero-order chi connectivity index (χ0) is 47.1. The topological polar surface area (TPSA) is 192 Å². The van der Waals surface area contributed by atoms with Crippen molar-refractivity contribution < 1.29 is 47.8 Å². The van der Waals surface area contributed by atoms with E-state index in [2.05, 4.69) is 10.6 Å². The molecule has 2 aliphatic rings. The Labute approximate surface area is 377 Å². The van der Waals surface area contributed by atoms with Crippen LogP contribution in [0, 0.1) is 11.8 Å². The molecular formula is C48H66N6O10. The number of nitrogens with zero attached hydrogens (tertiary/aromatic N) is 4. The summed E-state index contributed by atoms with van der Waals surface area (Å²) in [6.45, 7) is 9.09. The maximum absolute atomic E-state index is 14.1. The summed E-state index contributed by atoms with van der Waals surface area (Å²) in [5.41, 5.74) is 1.59. The van der Waals surface area contributed by atoms with Crippen LogP contribution in [0.4, 0.5) is 0 Å². The monoisotopic (exact) mass is 886 g/mol. The summed E-state index contributed by atoms with van der Waals surface area (Å²) >= 11 is 0. The number of nitrogens with one attached hydrogen (secondary N) is 2. The van der Waals surface area contributed by atoms with Gasteiger partial charge < -0.3 is 39.7 Å². The Kier molecular flexibility index (Phi) is 19.1. The van der Waals surface area contributed by atoms with Gasteiger partial charge in [-0.05, 0) is 68.6 Å². The summed E-state index contributed by atoms with van der Waals surface area (Å²) in [6, 6.07) is 13.6. The Morgan fingerprint density at radius 3 is 1.98 bits per heavy atom. The summed E-state index contributed by atoms with van der Waals surface area (Å²) in [5, 5.41) is 5.40. The lowest BCUT2D eigenvalue weighted by atomic mass is 10.00. The Morgan fingerprint density at radius 1 is 0.797 bits per heavy atom. The van der Waals surface area contributed by atoms with E-state index in [1.165, 1.54) is 53.8 Å². The fraction of sp³-hybridized carbons (Fsp3) is 0.542. The fourth-order valence-corrected chi connectivity index (χ4v) is 8.11. The quantitative estimate of drug-likeness (QED) is 0.147. The van der Waals surface area contributed by atoms with Gasteiger partial charge in [-0.15, -0.1) is 0 Å². The van der Waals surface area contributed by atoms with Crippen LogP contribution >= 0.6 is 0 Å². The van der Waals surface area contributed by atoms with Crippen LogP contribution in [0.2, 0.25) is 0 Å². The minimum absolute atomic E-state index is 0.0511. The van der Waals surface area contributed by atoms with Crippen molar-refractivity contribution >= 4 is 53.5 Å². The smallest absolute Gasteiger partial charge is 0.331 e. The largest absolute Gasteiger partial charge is 0.467 e. The number of esters is 2. The van der Waals surface area contributed by atoms with E-state index < -0.39 is 90.2 Å². The van der Waals surface area contributed by atoms with Gasteiger partial charge in [0.1, 0.15) is 30.2 Å². The van der Waals surface area contributed by atoms with Gasteiger partial charge in [0.2, 0.25) is 29.5 Å². The van der Waals surface area contributed by atoms with Gasteiger partial charge in [-0.2, -0.15) is 0 Å². The number of rotatable bonds is 20. The molecule has 0 aliphatic carbocycles. The lowest BCUT2D eigenvalue weighted by molar-refractivity contribution is -0.161. The van der Waals surface area contributed by atoms with Gasteiger partial charge in [0.15, 0.2) is 6.10 Å². The highest BCUT2D eigenvalue weighted by Gasteiger charge is 2.42. The molecule has 64 heavy (non-hydrogen) atoms. The number of benzene rings is 2. The average Bonchev–Trinajstić information content (AvgIpc) is 4.00. The molecule has 0 radical (unpaired) electrons. The van der Waals surface area contributed by atoms with E-state index in [0.29, 0.717) is 38.6 Å². The van der Waals surface area contributed by atoms with Crippen molar-refractivity contribution in [2.24, 2.45) is 11.8 Å². The second kappa shape index (κ2) is 24.1. The second-order valence-corrected chi connectivity index (χ2v) is 17.1. The summed E-state index contributed by atoms with van der Waals surface area (Å²) in [7, 11) is 4.21. The lowest BCUT2D eigenvalue weighted by Crippen LogP contribution is -2.58. The maximum atomic E-state index is 14.1.